The molecule has 0 aromatic carbocycles. The minimum atomic E-state index is -5.30. The largest absolute Gasteiger partial charge is 0.490 e. The number of esters is 1. The Morgan fingerprint density at radius 3 is 2.14 bits per heavy atom. The van der Waals surface area contributed by atoms with Gasteiger partial charge in [-0.2, -0.15) is 31.6 Å². The highest BCUT2D eigenvalue weighted by Crippen LogP contribution is 2.64. The molecule has 1 heterocycles. The van der Waals surface area contributed by atoms with Crippen molar-refractivity contribution in [3.8, 4) is 6.07 Å². The molecule has 35 heavy (non-hydrogen) atoms. The maximum Gasteiger partial charge on any atom is 0.490 e. The van der Waals surface area contributed by atoms with Crippen LogP contribution in [0, 0.1) is 34.5 Å². The molecule has 1 aliphatic heterocycles. The summed E-state index contributed by atoms with van der Waals surface area (Å²) in [4.78, 5) is 38.5. The molecule has 194 valence electrons. The number of nitrogens with one attached hydrogen (secondary N) is 1. The zero-order valence-electron chi connectivity index (χ0n) is 18.8. The number of likely N-dealkylation sites (tertiary alicyclic amines) is 1. The van der Waals surface area contributed by atoms with Crippen LogP contribution in [0.3, 0.4) is 0 Å². The summed E-state index contributed by atoms with van der Waals surface area (Å²) >= 11 is 0. The molecule has 4 saturated carbocycles. The summed E-state index contributed by atoms with van der Waals surface area (Å²) in [7, 11) is 0. The third-order valence-corrected chi connectivity index (χ3v) is 7.93. The number of rotatable bonds is 4. The molecule has 2 amide bonds. The topological polar surface area (TPSA) is 99.5 Å². The van der Waals surface area contributed by atoms with E-state index in [9.17, 15) is 46.0 Å². The van der Waals surface area contributed by atoms with Gasteiger partial charge in [0.2, 0.25) is 5.91 Å². The highest BCUT2D eigenvalue weighted by Gasteiger charge is 2.65. The van der Waals surface area contributed by atoms with Gasteiger partial charge in [-0.25, -0.2) is 4.79 Å². The standard InChI is InChI=1S/C22H25F6N3O4/c1-11-2-14(8-29)31(9-11)16(32)15(30-17(33)21(23,24)25)19-4-12-3-13(5-19)7-20(6-12,10-19)35-18(34)22(26,27)28/h11-15H,2-7,9-10H2,1H3,(H,30,33)/t11-,12?,13?,14-,15-,19?,20?/m0/s1. The van der Waals surface area contributed by atoms with Crippen LogP contribution in [0.2, 0.25) is 0 Å². The summed E-state index contributed by atoms with van der Waals surface area (Å²) in [6.07, 6.45) is -9.30. The number of amides is 2. The Balaban J connectivity index is 1.71. The molecule has 5 rings (SSSR count). The average molecular weight is 509 g/mol. The first-order valence-corrected chi connectivity index (χ1v) is 11.5. The predicted octanol–water partition coefficient (Wildman–Crippen LogP) is 3.24. The van der Waals surface area contributed by atoms with E-state index in [1.165, 1.54) is 0 Å². The lowest BCUT2D eigenvalue weighted by Gasteiger charge is -2.63. The molecule has 0 aromatic heterocycles. The quantitative estimate of drug-likeness (QED) is 0.464. The third-order valence-electron chi connectivity index (χ3n) is 7.93. The summed E-state index contributed by atoms with van der Waals surface area (Å²) in [5.74, 6) is -6.24. The van der Waals surface area contributed by atoms with Crippen molar-refractivity contribution in [2.45, 2.75) is 81.9 Å². The number of alkyl halides is 6. The first kappa shape index (κ1) is 25.6. The van der Waals surface area contributed by atoms with Crippen molar-refractivity contribution < 1.29 is 45.5 Å². The van der Waals surface area contributed by atoms with Crippen molar-refractivity contribution in [2.75, 3.05) is 6.54 Å². The Kier molecular flexibility index (Phi) is 6.04. The lowest BCUT2D eigenvalue weighted by Crippen LogP contribution is -2.68. The number of nitriles is 1. The van der Waals surface area contributed by atoms with E-state index >= 15 is 0 Å². The lowest BCUT2D eigenvalue weighted by molar-refractivity contribution is -0.241. The molecule has 5 fully saturated rings. The maximum atomic E-state index is 13.6. The van der Waals surface area contributed by atoms with Crippen LogP contribution in [0.15, 0.2) is 0 Å². The van der Waals surface area contributed by atoms with Crippen molar-refractivity contribution in [2.24, 2.45) is 23.2 Å². The fraction of sp³-hybridized carbons (Fsp3) is 0.818. The van der Waals surface area contributed by atoms with Gasteiger partial charge in [-0.05, 0) is 62.7 Å². The van der Waals surface area contributed by atoms with Crippen LogP contribution < -0.4 is 5.32 Å². The smallest absolute Gasteiger partial charge is 0.452 e. The van der Waals surface area contributed by atoms with Crippen molar-refractivity contribution >= 4 is 17.8 Å². The van der Waals surface area contributed by atoms with E-state index in [-0.39, 0.29) is 56.4 Å². The average Bonchev–Trinajstić information content (AvgIpc) is 3.09. The van der Waals surface area contributed by atoms with Gasteiger partial charge in [0.15, 0.2) is 0 Å². The molecule has 4 bridgehead atoms. The minimum absolute atomic E-state index is 0.0991. The zero-order valence-corrected chi connectivity index (χ0v) is 18.8. The fourth-order valence-electron chi connectivity index (χ4n) is 7.23. The van der Waals surface area contributed by atoms with Gasteiger partial charge in [-0.1, -0.05) is 6.92 Å². The van der Waals surface area contributed by atoms with Gasteiger partial charge in [-0.3, -0.25) is 9.59 Å². The lowest BCUT2D eigenvalue weighted by atomic mass is 9.46. The first-order valence-electron chi connectivity index (χ1n) is 11.5. The Morgan fingerprint density at radius 2 is 1.63 bits per heavy atom. The van der Waals surface area contributed by atoms with Gasteiger partial charge in [0.1, 0.15) is 17.7 Å². The third kappa shape index (κ3) is 4.68. The molecule has 1 N–H and O–H groups in total. The molecule has 0 aromatic rings. The van der Waals surface area contributed by atoms with Crippen molar-refractivity contribution in [1.82, 2.24) is 10.2 Å². The highest BCUT2D eigenvalue weighted by atomic mass is 19.4. The maximum absolute atomic E-state index is 13.6. The molecular weight excluding hydrogens is 484 g/mol. The van der Waals surface area contributed by atoms with Crippen LogP contribution in [0.1, 0.15) is 51.9 Å². The molecule has 1 saturated heterocycles. The van der Waals surface area contributed by atoms with Crippen molar-refractivity contribution in [3.63, 3.8) is 0 Å². The Labute approximate surface area is 197 Å². The summed E-state index contributed by atoms with van der Waals surface area (Å²) in [5, 5.41) is 11.3. The summed E-state index contributed by atoms with van der Waals surface area (Å²) in [5.41, 5.74) is -2.91. The van der Waals surface area contributed by atoms with Crippen molar-refractivity contribution in [1.29, 1.82) is 5.26 Å². The zero-order chi connectivity index (χ0) is 26.0. The summed E-state index contributed by atoms with van der Waals surface area (Å²) in [6, 6.07) is -0.646. The highest BCUT2D eigenvalue weighted by molar-refractivity contribution is 5.91. The normalized spacial score (nSPS) is 37.0. The first-order chi connectivity index (χ1) is 16.1. The van der Waals surface area contributed by atoms with Gasteiger partial charge in [0, 0.05) is 12.0 Å². The van der Waals surface area contributed by atoms with E-state index in [0.29, 0.717) is 12.8 Å². The monoisotopic (exact) mass is 509 g/mol. The molecule has 5 aliphatic rings. The molecular formula is C22H25F6N3O4. The van der Waals surface area contributed by atoms with E-state index in [1.54, 1.807) is 6.92 Å². The predicted molar refractivity (Wildman–Crippen MR) is 105 cm³/mol. The molecule has 5 atom stereocenters. The number of hydrogen-bond donors (Lipinski definition) is 1. The van der Waals surface area contributed by atoms with Gasteiger partial charge < -0.3 is 15.0 Å². The van der Waals surface area contributed by atoms with E-state index in [0.717, 1.165) is 4.90 Å². The number of ether oxygens (including phenoxy) is 1. The molecule has 13 heteroatoms. The molecule has 2 unspecified atom stereocenters. The molecule has 0 spiro atoms. The number of halogens is 6. The van der Waals surface area contributed by atoms with Gasteiger partial charge >= 0.3 is 24.2 Å². The van der Waals surface area contributed by atoms with Crippen LogP contribution in [-0.2, 0) is 19.1 Å². The molecule has 7 nitrogen and oxygen atoms in total. The van der Waals surface area contributed by atoms with Crippen LogP contribution in [-0.4, -0.2) is 59.3 Å². The number of nitrogens with zero attached hydrogens (tertiary/aromatic N) is 2. The number of carbonyl (C=O) groups is 3. The minimum Gasteiger partial charge on any atom is -0.452 e. The summed E-state index contributed by atoms with van der Waals surface area (Å²) < 4.78 is 83.6. The number of carbonyl (C=O) groups excluding carboxylic acids is 3. The summed E-state index contributed by atoms with van der Waals surface area (Å²) in [6.45, 7) is 1.88. The SMILES string of the molecule is C[C@H]1C[C@@H](C#N)N(C(=O)[C@H](NC(=O)C(F)(F)F)C23CC4CC(CC(OC(=O)C(F)(F)F)(C4)C2)C3)C1. The Hall–Kier alpha value is -2.52. The van der Waals surface area contributed by atoms with Crippen LogP contribution in [0.4, 0.5) is 26.3 Å². The van der Waals surface area contributed by atoms with E-state index < -0.39 is 53.2 Å². The Bertz CT molecular complexity index is 944. The molecule has 0 radical (unpaired) electrons. The molecule has 4 aliphatic carbocycles. The second-order valence-corrected chi connectivity index (χ2v) is 10.8. The van der Waals surface area contributed by atoms with Gasteiger partial charge in [0.25, 0.3) is 0 Å². The van der Waals surface area contributed by atoms with Gasteiger partial charge in [0.05, 0.1) is 6.07 Å². The van der Waals surface area contributed by atoms with Crippen LogP contribution in [0.5, 0.6) is 0 Å². The van der Waals surface area contributed by atoms with Crippen LogP contribution >= 0.6 is 0 Å². The van der Waals surface area contributed by atoms with Crippen LogP contribution in [0.25, 0.3) is 0 Å². The van der Waals surface area contributed by atoms with Gasteiger partial charge in [-0.15, -0.1) is 0 Å². The fourth-order valence-corrected chi connectivity index (χ4v) is 7.23. The van der Waals surface area contributed by atoms with E-state index in [4.69, 9.17) is 4.74 Å². The second kappa shape index (κ2) is 8.27. The Morgan fingerprint density at radius 1 is 1.03 bits per heavy atom. The van der Waals surface area contributed by atoms with Crippen molar-refractivity contribution in [3.05, 3.63) is 0 Å². The van der Waals surface area contributed by atoms with E-state index in [1.807, 2.05) is 11.4 Å². The van der Waals surface area contributed by atoms with E-state index in [2.05, 4.69) is 0 Å². The number of hydrogen-bond acceptors (Lipinski definition) is 5. The second-order valence-electron chi connectivity index (χ2n) is 10.8.